The fourth-order valence-electron chi connectivity index (χ4n) is 3.15. The van der Waals surface area contributed by atoms with Gasteiger partial charge in [-0.3, -0.25) is 4.98 Å². The first-order valence-corrected chi connectivity index (χ1v) is 7.82. The molecule has 0 aliphatic rings. The predicted octanol–water partition coefficient (Wildman–Crippen LogP) is 5.13. The molecule has 0 unspecified atom stereocenters. The number of benzene rings is 2. The number of aromatic nitrogens is 2. The van der Waals surface area contributed by atoms with Crippen LogP contribution in [0, 0.1) is 0 Å². The highest BCUT2D eigenvalue weighted by Crippen LogP contribution is 2.31. The van der Waals surface area contributed by atoms with Crippen molar-refractivity contribution in [3.63, 3.8) is 0 Å². The molecular weight excluding hydrogens is 268 g/mol. The molecule has 0 saturated heterocycles. The van der Waals surface area contributed by atoms with Gasteiger partial charge in [-0.15, -0.1) is 0 Å². The molecule has 2 nitrogen and oxygen atoms in total. The van der Waals surface area contributed by atoms with Gasteiger partial charge in [0.15, 0.2) is 0 Å². The van der Waals surface area contributed by atoms with Crippen LogP contribution in [0.2, 0.25) is 0 Å². The van der Waals surface area contributed by atoms with E-state index >= 15 is 0 Å². The molecule has 2 aromatic heterocycles. The molecular formula is C20H18N2. The Bertz CT molecular complexity index is 880. The third-order valence-electron chi connectivity index (χ3n) is 4.15. The summed E-state index contributed by atoms with van der Waals surface area (Å²) in [6.07, 6.45) is 4.15. The molecule has 0 atom stereocenters. The molecule has 22 heavy (non-hydrogen) atoms. The summed E-state index contributed by atoms with van der Waals surface area (Å²) in [7, 11) is 0. The van der Waals surface area contributed by atoms with E-state index in [4.69, 9.17) is 0 Å². The second-order valence-electron chi connectivity index (χ2n) is 5.63. The fraction of sp³-hybridized carbons (Fsp3) is 0.150. The van der Waals surface area contributed by atoms with Gasteiger partial charge in [-0.2, -0.15) is 0 Å². The van der Waals surface area contributed by atoms with Gasteiger partial charge >= 0.3 is 0 Å². The van der Waals surface area contributed by atoms with E-state index in [2.05, 4.69) is 77.1 Å². The monoisotopic (exact) mass is 286 g/mol. The zero-order valence-electron chi connectivity index (χ0n) is 12.7. The van der Waals surface area contributed by atoms with Crippen LogP contribution in [0.1, 0.15) is 19.0 Å². The normalized spacial score (nSPS) is 11.3. The first-order valence-electron chi connectivity index (χ1n) is 7.82. The lowest BCUT2D eigenvalue weighted by Gasteiger charge is -2.08. The standard InChI is InChI=1S/C20H18N2/c1-2-7-15-12-13-16(14-21-15)22-19-10-5-3-8-17(19)18-9-4-6-11-20(18)22/h3-6,8-14H,2,7H2,1H3. The van der Waals surface area contributed by atoms with Crippen molar-refractivity contribution in [3.05, 3.63) is 72.6 Å². The van der Waals surface area contributed by atoms with Crippen molar-refractivity contribution in [1.29, 1.82) is 0 Å². The largest absolute Gasteiger partial charge is 0.308 e. The third-order valence-corrected chi connectivity index (χ3v) is 4.15. The lowest BCUT2D eigenvalue weighted by molar-refractivity contribution is 0.880. The van der Waals surface area contributed by atoms with Crippen molar-refractivity contribution < 1.29 is 0 Å². The van der Waals surface area contributed by atoms with Crippen LogP contribution in [-0.4, -0.2) is 9.55 Å². The van der Waals surface area contributed by atoms with Gasteiger partial charge in [0.2, 0.25) is 0 Å². The predicted molar refractivity (Wildman–Crippen MR) is 92.6 cm³/mol. The van der Waals surface area contributed by atoms with E-state index < -0.39 is 0 Å². The first kappa shape index (κ1) is 13.1. The Morgan fingerprint density at radius 1 is 0.818 bits per heavy atom. The smallest absolute Gasteiger partial charge is 0.0645 e. The van der Waals surface area contributed by atoms with E-state index in [0.717, 1.165) is 24.2 Å². The molecule has 0 N–H and O–H groups in total. The van der Waals surface area contributed by atoms with E-state index in [9.17, 15) is 0 Å². The van der Waals surface area contributed by atoms with Crippen LogP contribution in [0.15, 0.2) is 66.9 Å². The van der Waals surface area contributed by atoms with E-state index in [0.29, 0.717) is 0 Å². The van der Waals surface area contributed by atoms with Gasteiger partial charge in [0, 0.05) is 16.5 Å². The molecule has 0 saturated carbocycles. The van der Waals surface area contributed by atoms with Crippen LogP contribution < -0.4 is 0 Å². The highest BCUT2D eigenvalue weighted by Gasteiger charge is 2.11. The lowest BCUT2D eigenvalue weighted by atomic mass is 10.2. The van der Waals surface area contributed by atoms with Gasteiger partial charge in [-0.1, -0.05) is 49.7 Å². The van der Waals surface area contributed by atoms with E-state index in [1.165, 1.54) is 21.8 Å². The number of hydrogen-bond acceptors (Lipinski definition) is 1. The second-order valence-corrected chi connectivity index (χ2v) is 5.63. The maximum atomic E-state index is 4.62. The van der Waals surface area contributed by atoms with Gasteiger partial charge in [0.05, 0.1) is 22.9 Å². The van der Waals surface area contributed by atoms with Crippen LogP contribution in [0.25, 0.3) is 27.5 Å². The van der Waals surface area contributed by atoms with Crippen molar-refractivity contribution in [2.24, 2.45) is 0 Å². The van der Waals surface area contributed by atoms with Gasteiger partial charge in [-0.25, -0.2) is 0 Å². The minimum Gasteiger partial charge on any atom is -0.308 e. The summed E-state index contributed by atoms with van der Waals surface area (Å²) >= 11 is 0. The van der Waals surface area contributed by atoms with Crippen LogP contribution in [0.5, 0.6) is 0 Å². The van der Waals surface area contributed by atoms with E-state index in [1.54, 1.807) is 0 Å². The summed E-state index contributed by atoms with van der Waals surface area (Å²) in [6, 6.07) is 21.4. The highest BCUT2D eigenvalue weighted by molar-refractivity contribution is 6.09. The van der Waals surface area contributed by atoms with Crippen LogP contribution in [-0.2, 0) is 6.42 Å². The summed E-state index contributed by atoms with van der Waals surface area (Å²) in [5.74, 6) is 0. The molecule has 0 spiro atoms. The molecule has 2 aromatic carbocycles. The van der Waals surface area contributed by atoms with Crippen LogP contribution in [0.3, 0.4) is 0 Å². The van der Waals surface area contributed by atoms with Crippen molar-refractivity contribution in [2.75, 3.05) is 0 Å². The summed E-state index contributed by atoms with van der Waals surface area (Å²) < 4.78 is 2.30. The summed E-state index contributed by atoms with van der Waals surface area (Å²) in [5, 5.41) is 2.58. The summed E-state index contributed by atoms with van der Waals surface area (Å²) in [5.41, 5.74) is 4.74. The first-order chi connectivity index (χ1) is 10.9. The molecule has 0 amide bonds. The van der Waals surface area contributed by atoms with Crippen molar-refractivity contribution in [2.45, 2.75) is 19.8 Å². The topological polar surface area (TPSA) is 17.8 Å². The third kappa shape index (κ3) is 2.00. The Kier molecular flexibility index (Phi) is 3.15. The highest BCUT2D eigenvalue weighted by atomic mass is 15.0. The Balaban J connectivity index is 1.99. The molecule has 2 heterocycles. The van der Waals surface area contributed by atoms with Gasteiger partial charge in [0.1, 0.15) is 0 Å². The SMILES string of the molecule is CCCc1ccc(-n2c3ccccc3c3ccccc32)cn1. The van der Waals surface area contributed by atoms with Crippen molar-refractivity contribution >= 4 is 21.8 Å². The number of pyridine rings is 1. The second kappa shape index (κ2) is 5.30. The van der Waals surface area contributed by atoms with Crippen molar-refractivity contribution in [1.82, 2.24) is 9.55 Å². The molecule has 4 aromatic rings. The molecule has 2 heteroatoms. The number of rotatable bonds is 3. The number of fused-ring (bicyclic) bond motifs is 3. The molecule has 0 aliphatic carbocycles. The quantitative estimate of drug-likeness (QED) is 0.510. The summed E-state index contributed by atoms with van der Waals surface area (Å²) in [4.78, 5) is 4.62. The Morgan fingerprint density at radius 2 is 1.45 bits per heavy atom. The van der Waals surface area contributed by atoms with Gasteiger partial charge in [0.25, 0.3) is 0 Å². The number of para-hydroxylation sites is 2. The summed E-state index contributed by atoms with van der Waals surface area (Å²) in [6.45, 7) is 2.18. The Labute approximate surface area is 130 Å². The minimum atomic E-state index is 1.04. The number of hydrogen-bond donors (Lipinski definition) is 0. The van der Waals surface area contributed by atoms with E-state index in [-0.39, 0.29) is 0 Å². The van der Waals surface area contributed by atoms with Crippen LogP contribution in [0.4, 0.5) is 0 Å². The zero-order chi connectivity index (χ0) is 14.9. The Morgan fingerprint density at radius 3 is 2.00 bits per heavy atom. The zero-order valence-corrected chi connectivity index (χ0v) is 12.7. The maximum Gasteiger partial charge on any atom is 0.0645 e. The molecule has 108 valence electrons. The molecule has 0 bridgehead atoms. The average molecular weight is 286 g/mol. The average Bonchev–Trinajstić information content (AvgIpc) is 2.91. The number of aryl methyl sites for hydroxylation is 1. The lowest BCUT2D eigenvalue weighted by Crippen LogP contribution is -1.96. The number of nitrogens with zero attached hydrogens (tertiary/aromatic N) is 2. The fourth-order valence-corrected chi connectivity index (χ4v) is 3.15. The molecule has 0 aliphatic heterocycles. The minimum absolute atomic E-state index is 1.04. The van der Waals surface area contributed by atoms with Crippen LogP contribution >= 0.6 is 0 Å². The van der Waals surface area contributed by atoms with Crippen molar-refractivity contribution in [3.8, 4) is 5.69 Å². The van der Waals surface area contributed by atoms with E-state index in [1.807, 2.05) is 6.20 Å². The molecule has 4 rings (SSSR count). The van der Waals surface area contributed by atoms with Gasteiger partial charge < -0.3 is 4.57 Å². The molecule has 0 radical (unpaired) electrons. The maximum absolute atomic E-state index is 4.62. The Hall–Kier alpha value is -2.61. The van der Waals surface area contributed by atoms with Gasteiger partial charge in [-0.05, 0) is 30.7 Å². The molecule has 0 fully saturated rings.